The second-order valence-corrected chi connectivity index (χ2v) is 9.45. The van der Waals surface area contributed by atoms with Crippen molar-refractivity contribution in [3.63, 3.8) is 0 Å². The number of carbonyl (C=O) groups excluding carboxylic acids is 1. The van der Waals surface area contributed by atoms with E-state index in [9.17, 15) is 13.2 Å². The van der Waals surface area contributed by atoms with Crippen LogP contribution in [0.4, 0.5) is 0 Å². The minimum Gasteiger partial charge on any atom is -0.462 e. The summed E-state index contributed by atoms with van der Waals surface area (Å²) in [7, 11) is -1.68. The molecule has 1 aromatic rings. The van der Waals surface area contributed by atoms with Gasteiger partial charge in [-0.2, -0.15) is 8.42 Å². The number of nitrogens with zero attached hydrogens (tertiary/aromatic N) is 1. The van der Waals surface area contributed by atoms with Gasteiger partial charge in [0.2, 0.25) is 0 Å². The zero-order chi connectivity index (χ0) is 19.9. The van der Waals surface area contributed by atoms with E-state index in [1.54, 1.807) is 24.3 Å². The van der Waals surface area contributed by atoms with Crippen molar-refractivity contribution in [3.05, 3.63) is 35.9 Å². The molecule has 3 aliphatic rings. The third-order valence-electron chi connectivity index (χ3n) is 5.93. The molecule has 8 nitrogen and oxygen atoms in total. The van der Waals surface area contributed by atoms with E-state index in [-0.39, 0.29) is 49.3 Å². The van der Waals surface area contributed by atoms with Gasteiger partial charge in [0.25, 0.3) is 10.1 Å². The Hall–Kier alpha value is -1.52. The zero-order valence-corrected chi connectivity index (χ0v) is 16.6. The summed E-state index contributed by atoms with van der Waals surface area (Å²) in [5.41, 5.74) is 5.97. The van der Waals surface area contributed by atoms with E-state index < -0.39 is 22.0 Å². The first-order valence-electron chi connectivity index (χ1n) is 9.59. The molecule has 3 heterocycles. The summed E-state index contributed by atoms with van der Waals surface area (Å²) in [6.07, 6.45) is 1.78. The largest absolute Gasteiger partial charge is 0.462 e. The third kappa shape index (κ3) is 3.95. The fraction of sp³-hybridized carbons (Fsp3) is 0.632. The second kappa shape index (κ2) is 7.72. The average molecular weight is 410 g/mol. The highest BCUT2D eigenvalue weighted by atomic mass is 32.2. The topological polar surface area (TPSA) is 111 Å². The van der Waals surface area contributed by atoms with Crippen molar-refractivity contribution in [2.75, 3.05) is 26.0 Å². The highest BCUT2D eigenvalue weighted by Gasteiger charge is 2.62. The number of carbonyl (C=O) groups is 1. The first kappa shape index (κ1) is 19.8. The highest BCUT2D eigenvalue weighted by molar-refractivity contribution is 7.86. The molecule has 0 spiro atoms. The van der Waals surface area contributed by atoms with Crippen molar-refractivity contribution in [1.82, 2.24) is 4.90 Å². The Kier molecular flexibility index (Phi) is 5.45. The minimum absolute atomic E-state index is 0.0362. The molecule has 28 heavy (non-hydrogen) atoms. The second-order valence-electron chi connectivity index (χ2n) is 7.69. The van der Waals surface area contributed by atoms with Gasteiger partial charge in [-0.3, -0.25) is 13.9 Å². The summed E-state index contributed by atoms with van der Waals surface area (Å²) in [5, 5.41) is 0. The van der Waals surface area contributed by atoms with Gasteiger partial charge >= 0.3 is 5.97 Å². The molecular formula is C19H26N2O6S. The molecule has 154 valence electrons. The summed E-state index contributed by atoms with van der Waals surface area (Å²) < 4.78 is 40.3. The molecule has 9 heteroatoms. The van der Waals surface area contributed by atoms with Gasteiger partial charge in [0.1, 0.15) is 24.2 Å². The van der Waals surface area contributed by atoms with Crippen molar-refractivity contribution in [2.45, 2.75) is 49.2 Å². The van der Waals surface area contributed by atoms with Crippen LogP contribution in [0.25, 0.3) is 0 Å². The minimum atomic E-state index is -3.77. The molecular weight excluding hydrogens is 384 g/mol. The van der Waals surface area contributed by atoms with Crippen molar-refractivity contribution in [1.29, 1.82) is 0 Å². The Balaban J connectivity index is 1.43. The van der Waals surface area contributed by atoms with Gasteiger partial charge in [0.15, 0.2) is 0 Å². The molecule has 0 aliphatic carbocycles. The summed E-state index contributed by atoms with van der Waals surface area (Å²) in [6, 6.07) is 9.52. The lowest BCUT2D eigenvalue weighted by Gasteiger charge is -2.38. The number of piperidine rings is 1. The molecule has 3 aliphatic heterocycles. The van der Waals surface area contributed by atoms with Crippen LogP contribution in [0.5, 0.6) is 0 Å². The van der Waals surface area contributed by atoms with Gasteiger partial charge in [0.05, 0.1) is 12.4 Å². The van der Waals surface area contributed by atoms with Crippen LogP contribution in [-0.2, 0) is 28.6 Å². The number of nitrogens with two attached hydrogens (primary N) is 1. The predicted molar refractivity (Wildman–Crippen MR) is 101 cm³/mol. The van der Waals surface area contributed by atoms with Crippen LogP contribution in [0.3, 0.4) is 0 Å². The van der Waals surface area contributed by atoms with Gasteiger partial charge < -0.3 is 15.2 Å². The standard InChI is InChI=1S/C19H26N2O6S/c1-21-15-9-13(10-16(21)18-17(15)27-18)26-19(22)14(12-5-3-2-4-6-12)11-25-28(23,24)8-7-20/h2-6,13-18H,7-11,20H2,1H3/t13?,14-,15-,16+,17-,18+/m1/s1. The smallest absolute Gasteiger partial charge is 0.316 e. The number of hydrogen-bond donors (Lipinski definition) is 1. The Bertz CT molecular complexity index is 799. The fourth-order valence-electron chi connectivity index (χ4n) is 4.40. The predicted octanol–water partition coefficient (Wildman–Crippen LogP) is 0.231. The summed E-state index contributed by atoms with van der Waals surface area (Å²) in [6.45, 7) is -0.329. The van der Waals surface area contributed by atoms with Crippen molar-refractivity contribution >= 4 is 16.1 Å². The lowest BCUT2D eigenvalue weighted by atomic mass is 9.97. The average Bonchev–Trinajstić information content (AvgIpc) is 3.41. The molecule has 0 aromatic heterocycles. The maximum Gasteiger partial charge on any atom is 0.316 e. The Morgan fingerprint density at radius 2 is 1.89 bits per heavy atom. The van der Waals surface area contributed by atoms with Crippen LogP contribution in [0.1, 0.15) is 24.3 Å². The SMILES string of the molecule is CN1[C@@H]2CC(OC(=O)[C@H](COS(=O)(=O)CCN)c3ccccc3)C[C@H]1[C@@H]1O[C@@H]12. The number of likely N-dealkylation sites (N-methyl/N-ethyl adjacent to an activating group) is 1. The lowest BCUT2D eigenvalue weighted by molar-refractivity contribution is -0.156. The van der Waals surface area contributed by atoms with Crippen LogP contribution in [-0.4, -0.2) is 75.6 Å². The molecule has 0 amide bonds. The third-order valence-corrected chi connectivity index (χ3v) is 7.16. The monoisotopic (exact) mass is 410 g/mol. The van der Waals surface area contributed by atoms with Gasteiger partial charge in [0, 0.05) is 31.5 Å². The number of esters is 1. The number of epoxide rings is 1. The molecule has 3 fully saturated rings. The number of hydrogen-bond acceptors (Lipinski definition) is 8. The van der Waals surface area contributed by atoms with E-state index in [0.717, 1.165) is 12.8 Å². The van der Waals surface area contributed by atoms with E-state index in [0.29, 0.717) is 5.56 Å². The number of rotatable bonds is 8. The Morgan fingerprint density at radius 3 is 2.50 bits per heavy atom. The first-order chi connectivity index (χ1) is 13.4. The lowest BCUT2D eigenvalue weighted by Crippen LogP contribution is -2.48. The van der Waals surface area contributed by atoms with Gasteiger partial charge in [-0.05, 0) is 12.6 Å². The van der Waals surface area contributed by atoms with Crippen molar-refractivity contribution in [3.8, 4) is 0 Å². The maximum absolute atomic E-state index is 12.9. The molecule has 2 N–H and O–H groups in total. The summed E-state index contributed by atoms with van der Waals surface area (Å²) >= 11 is 0. The quantitative estimate of drug-likeness (QED) is 0.368. The maximum atomic E-state index is 12.9. The Labute approximate surface area is 165 Å². The first-order valence-corrected chi connectivity index (χ1v) is 11.2. The molecule has 3 saturated heterocycles. The van der Waals surface area contributed by atoms with Crippen molar-refractivity contribution in [2.24, 2.45) is 5.73 Å². The number of ether oxygens (including phenoxy) is 2. The van der Waals surface area contributed by atoms with E-state index in [4.69, 9.17) is 19.4 Å². The molecule has 1 unspecified atom stereocenters. The van der Waals surface area contributed by atoms with E-state index >= 15 is 0 Å². The van der Waals surface area contributed by atoms with Crippen LogP contribution in [0, 0.1) is 0 Å². The van der Waals surface area contributed by atoms with Gasteiger partial charge in [-0.1, -0.05) is 30.3 Å². The van der Waals surface area contributed by atoms with E-state index in [1.165, 1.54) is 0 Å². The number of morpholine rings is 1. The molecule has 1 aromatic carbocycles. The molecule has 4 rings (SSSR count). The molecule has 0 saturated carbocycles. The van der Waals surface area contributed by atoms with E-state index in [2.05, 4.69) is 11.9 Å². The summed E-state index contributed by atoms with van der Waals surface area (Å²) in [5.74, 6) is -1.56. The van der Waals surface area contributed by atoms with Crippen molar-refractivity contribution < 1.29 is 26.9 Å². The highest BCUT2D eigenvalue weighted by Crippen LogP contribution is 2.48. The number of fused-ring (bicyclic) bond motifs is 5. The van der Waals surface area contributed by atoms with Crippen LogP contribution < -0.4 is 5.73 Å². The van der Waals surface area contributed by atoms with Gasteiger partial charge in [-0.15, -0.1) is 0 Å². The molecule has 2 bridgehead atoms. The normalized spacial score (nSPS) is 32.6. The van der Waals surface area contributed by atoms with Gasteiger partial charge in [-0.25, -0.2) is 0 Å². The van der Waals surface area contributed by atoms with Crippen LogP contribution >= 0.6 is 0 Å². The molecule has 0 radical (unpaired) electrons. The Morgan fingerprint density at radius 1 is 1.25 bits per heavy atom. The van der Waals surface area contributed by atoms with E-state index in [1.807, 2.05) is 6.07 Å². The zero-order valence-electron chi connectivity index (χ0n) is 15.8. The number of benzene rings is 1. The molecule has 6 atom stereocenters. The van der Waals surface area contributed by atoms with Crippen LogP contribution in [0.2, 0.25) is 0 Å². The fourth-order valence-corrected chi connectivity index (χ4v) is 5.15. The van der Waals surface area contributed by atoms with Crippen LogP contribution in [0.15, 0.2) is 30.3 Å². The summed E-state index contributed by atoms with van der Waals surface area (Å²) in [4.78, 5) is 15.2.